The van der Waals surface area contributed by atoms with Crippen LogP contribution in [0.4, 0.5) is 5.69 Å². The van der Waals surface area contributed by atoms with Crippen molar-refractivity contribution in [3.8, 4) is 11.3 Å². The molecule has 0 atom stereocenters. The van der Waals surface area contributed by atoms with Crippen molar-refractivity contribution in [2.24, 2.45) is 0 Å². The van der Waals surface area contributed by atoms with Crippen molar-refractivity contribution in [3.05, 3.63) is 65.0 Å². The van der Waals surface area contributed by atoms with Crippen LogP contribution in [0.1, 0.15) is 18.4 Å². The molecule has 1 N–H and O–H groups in total. The minimum atomic E-state index is -3.77. The standard InChI is InChI=1S/C20H17N3O4S2/c24-18-7-8-19(25)23(18)16-3-5-17(6-4-16)29(26,27)22-12-14-2-1-10-21-20(14)15-9-11-28-13-15/h1-6,9-11,13,22H,7-8,12H2. The topological polar surface area (TPSA) is 96.4 Å². The maximum Gasteiger partial charge on any atom is 0.240 e. The normalized spacial score (nSPS) is 14.6. The highest BCUT2D eigenvalue weighted by Gasteiger charge is 2.30. The van der Waals surface area contributed by atoms with Gasteiger partial charge in [0, 0.05) is 36.5 Å². The van der Waals surface area contributed by atoms with Crippen LogP contribution in [-0.2, 0) is 26.2 Å². The largest absolute Gasteiger partial charge is 0.274 e. The fourth-order valence-corrected chi connectivity index (χ4v) is 4.78. The molecule has 29 heavy (non-hydrogen) atoms. The van der Waals surface area contributed by atoms with Crippen LogP contribution in [0.25, 0.3) is 11.3 Å². The van der Waals surface area contributed by atoms with Crippen LogP contribution < -0.4 is 9.62 Å². The van der Waals surface area contributed by atoms with Crippen LogP contribution in [0.5, 0.6) is 0 Å². The lowest BCUT2D eigenvalue weighted by Gasteiger charge is -2.14. The summed E-state index contributed by atoms with van der Waals surface area (Å²) in [6.45, 7) is 0.0895. The van der Waals surface area contributed by atoms with Gasteiger partial charge in [-0.15, -0.1) is 0 Å². The van der Waals surface area contributed by atoms with Crippen molar-refractivity contribution in [1.29, 1.82) is 0 Å². The van der Waals surface area contributed by atoms with Gasteiger partial charge in [0.05, 0.1) is 16.3 Å². The van der Waals surface area contributed by atoms with E-state index in [2.05, 4.69) is 9.71 Å². The third kappa shape index (κ3) is 3.98. The molecule has 2 amide bonds. The van der Waals surface area contributed by atoms with E-state index >= 15 is 0 Å². The van der Waals surface area contributed by atoms with Crippen molar-refractivity contribution in [2.75, 3.05) is 4.90 Å². The van der Waals surface area contributed by atoms with Crippen LogP contribution in [0.15, 0.2) is 64.3 Å². The molecule has 0 radical (unpaired) electrons. The zero-order valence-corrected chi connectivity index (χ0v) is 16.9. The molecular weight excluding hydrogens is 410 g/mol. The number of pyridine rings is 1. The molecule has 148 valence electrons. The summed E-state index contributed by atoms with van der Waals surface area (Å²) in [4.78, 5) is 29.2. The lowest BCUT2D eigenvalue weighted by Crippen LogP contribution is -2.28. The second-order valence-electron chi connectivity index (χ2n) is 6.46. The average molecular weight is 428 g/mol. The molecule has 3 heterocycles. The average Bonchev–Trinajstić information content (AvgIpc) is 3.37. The number of carbonyl (C=O) groups is 2. The number of imide groups is 1. The maximum atomic E-state index is 12.7. The van der Waals surface area contributed by atoms with Crippen molar-refractivity contribution in [1.82, 2.24) is 9.71 Å². The SMILES string of the molecule is O=C1CCC(=O)N1c1ccc(S(=O)(=O)NCc2cccnc2-c2ccsc2)cc1. The number of thiophene rings is 1. The summed E-state index contributed by atoms with van der Waals surface area (Å²) < 4.78 is 28.0. The fraction of sp³-hybridized carbons (Fsp3) is 0.150. The Bertz CT molecular complexity index is 1140. The van der Waals surface area contributed by atoms with E-state index in [1.165, 1.54) is 24.3 Å². The molecule has 0 saturated carbocycles. The van der Waals surface area contributed by atoms with Gasteiger partial charge < -0.3 is 0 Å². The molecule has 4 rings (SSSR count). The summed E-state index contributed by atoms with van der Waals surface area (Å²) in [7, 11) is -3.77. The first-order chi connectivity index (χ1) is 14.0. The Morgan fingerprint density at radius 2 is 1.76 bits per heavy atom. The Labute approximate surface area is 172 Å². The number of amides is 2. The zero-order chi connectivity index (χ0) is 20.4. The lowest BCUT2D eigenvalue weighted by atomic mass is 10.1. The molecule has 3 aromatic rings. The third-order valence-electron chi connectivity index (χ3n) is 4.60. The predicted molar refractivity (Wildman–Crippen MR) is 110 cm³/mol. The second-order valence-corrected chi connectivity index (χ2v) is 9.01. The van der Waals surface area contributed by atoms with Crippen molar-refractivity contribution >= 4 is 38.9 Å². The van der Waals surface area contributed by atoms with E-state index in [1.807, 2.05) is 22.9 Å². The van der Waals surface area contributed by atoms with Crippen molar-refractivity contribution in [3.63, 3.8) is 0 Å². The first-order valence-electron chi connectivity index (χ1n) is 8.88. The van der Waals surface area contributed by atoms with Gasteiger partial charge >= 0.3 is 0 Å². The Kier molecular flexibility index (Phi) is 5.27. The van der Waals surface area contributed by atoms with E-state index < -0.39 is 10.0 Å². The molecular formula is C20H17N3O4S2. The van der Waals surface area contributed by atoms with Crippen LogP contribution in [0, 0.1) is 0 Å². The second kappa shape index (κ2) is 7.86. The summed E-state index contributed by atoms with van der Waals surface area (Å²) in [6.07, 6.45) is 2.03. The van der Waals surface area contributed by atoms with Gasteiger partial charge in [-0.05, 0) is 47.3 Å². The number of hydrogen-bond donors (Lipinski definition) is 1. The summed E-state index contributed by atoms with van der Waals surface area (Å²) in [5.74, 6) is -0.553. The highest BCUT2D eigenvalue weighted by Crippen LogP contribution is 2.25. The fourth-order valence-electron chi connectivity index (χ4n) is 3.14. The molecule has 0 bridgehead atoms. The van der Waals surface area contributed by atoms with Gasteiger partial charge in [-0.3, -0.25) is 19.5 Å². The van der Waals surface area contributed by atoms with E-state index in [0.717, 1.165) is 21.7 Å². The first-order valence-corrected chi connectivity index (χ1v) is 11.3. The molecule has 9 heteroatoms. The quantitative estimate of drug-likeness (QED) is 0.610. The number of nitrogens with zero attached hydrogens (tertiary/aromatic N) is 2. The highest BCUT2D eigenvalue weighted by molar-refractivity contribution is 7.89. The lowest BCUT2D eigenvalue weighted by molar-refractivity contribution is -0.121. The van der Waals surface area contributed by atoms with Crippen LogP contribution >= 0.6 is 11.3 Å². The van der Waals surface area contributed by atoms with E-state index in [-0.39, 0.29) is 36.1 Å². The van der Waals surface area contributed by atoms with Gasteiger partial charge in [-0.1, -0.05) is 6.07 Å². The number of nitrogens with one attached hydrogen (secondary N) is 1. The molecule has 1 aliphatic rings. The number of sulfonamides is 1. The number of aromatic nitrogens is 1. The molecule has 0 unspecified atom stereocenters. The smallest absolute Gasteiger partial charge is 0.240 e. The molecule has 1 fully saturated rings. The Morgan fingerprint density at radius 1 is 1.03 bits per heavy atom. The minimum Gasteiger partial charge on any atom is -0.274 e. The number of carbonyl (C=O) groups excluding carboxylic acids is 2. The molecule has 1 saturated heterocycles. The van der Waals surface area contributed by atoms with Crippen molar-refractivity contribution < 1.29 is 18.0 Å². The Morgan fingerprint density at radius 3 is 2.41 bits per heavy atom. The molecule has 0 spiro atoms. The van der Waals surface area contributed by atoms with E-state index in [1.54, 1.807) is 23.6 Å². The van der Waals surface area contributed by atoms with Crippen molar-refractivity contribution in [2.45, 2.75) is 24.3 Å². The number of anilines is 1. The van der Waals surface area contributed by atoms with Crippen LogP contribution in [-0.4, -0.2) is 25.2 Å². The van der Waals surface area contributed by atoms with Crippen LogP contribution in [0.2, 0.25) is 0 Å². The minimum absolute atomic E-state index is 0.0568. The van der Waals surface area contributed by atoms with Gasteiger partial charge in [-0.25, -0.2) is 13.1 Å². The van der Waals surface area contributed by atoms with E-state index in [0.29, 0.717) is 5.69 Å². The first kappa shape index (κ1) is 19.4. The van der Waals surface area contributed by atoms with Gasteiger partial charge in [0.15, 0.2) is 0 Å². The number of hydrogen-bond acceptors (Lipinski definition) is 6. The summed E-state index contributed by atoms with van der Waals surface area (Å²) in [5, 5.41) is 3.90. The van der Waals surface area contributed by atoms with Gasteiger partial charge in [0.1, 0.15) is 0 Å². The summed E-state index contributed by atoms with van der Waals surface area (Å²) in [6, 6.07) is 11.2. The molecule has 1 aliphatic heterocycles. The number of rotatable bonds is 6. The monoisotopic (exact) mass is 427 g/mol. The van der Waals surface area contributed by atoms with Crippen LogP contribution in [0.3, 0.4) is 0 Å². The van der Waals surface area contributed by atoms with Gasteiger partial charge in [-0.2, -0.15) is 11.3 Å². The van der Waals surface area contributed by atoms with E-state index in [4.69, 9.17) is 0 Å². The molecule has 1 aromatic carbocycles. The molecule has 7 nitrogen and oxygen atoms in total. The zero-order valence-electron chi connectivity index (χ0n) is 15.2. The highest BCUT2D eigenvalue weighted by atomic mass is 32.2. The maximum absolute atomic E-state index is 12.7. The third-order valence-corrected chi connectivity index (χ3v) is 6.70. The summed E-state index contributed by atoms with van der Waals surface area (Å²) >= 11 is 1.55. The molecule has 2 aromatic heterocycles. The number of benzene rings is 1. The Balaban J connectivity index is 1.52. The Hall–Kier alpha value is -2.88. The summed E-state index contributed by atoms with van der Waals surface area (Å²) in [5.41, 5.74) is 2.81. The predicted octanol–water partition coefficient (Wildman–Crippen LogP) is 2.94. The van der Waals surface area contributed by atoms with E-state index in [9.17, 15) is 18.0 Å². The van der Waals surface area contributed by atoms with Gasteiger partial charge in [0.2, 0.25) is 21.8 Å². The van der Waals surface area contributed by atoms with Gasteiger partial charge in [0.25, 0.3) is 0 Å². The molecule has 0 aliphatic carbocycles.